The van der Waals surface area contributed by atoms with Gasteiger partial charge in [0.2, 0.25) is 0 Å². The highest BCUT2D eigenvalue weighted by Gasteiger charge is 2.44. The molecule has 0 spiro atoms. The van der Waals surface area contributed by atoms with Crippen molar-refractivity contribution in [3.8, 4) is 0 Å². The van der Waals surface area contributed by atoms with Crippen LogP contribution in [0.4, 0.5) is 4.79 Å². The summed E-state index contributed by atoms with van der Waals surface area (Å²) in [6.07, 6.45) is -1.95. The van der Waals surface area contributed by atoms with Crippen LogP contribution in [0.3, 0.4) is 0 Å². The summed E-state index contributed by atoms with van der Waals surface area (Å²) in [5.41, 5.74) is -0.461. The van der Waals surface area contributed by atoms with Gasteiger partial charge in [0.1, 0.15) is 35.7 Å². The minimum atomic E-state index is -1.09. The molecular weight excluding hydrogens is 626 g/mol. The number of aromatic amines is 1. The fourth-order valence-electron chi connectivity index (χ4n) is 5.93. The lowest BCUT2D eigenvalue weighted by atomic mass is 9.80. The number of hydrogen-bond donors (Lipinski definition) is 2. The monoisotopic (exact) mass is 669 g/mol. The highest BCUT2D eigenvalue weighted by molar-refractivity contribution is 5.81. The van der Waals surface area contributed by atoms with Crippen molar-refractivity contribution in [1.82, 2.24) is 14.9 Å². The van der Waals surface area contributed by atoms with Crippen LogP contribution in [0.1, 0.15) is 64.0 Å². The molecule has 1 saturated heterocycles. The van der Waals surface area contributed by atoms with E-state index in [9.17, 15) is 19.2 Å². The Bertz CT molecular complexity index is 1720. The molecule has 0 radical (unpaired) electrons. The zero-order chi connectivity index (χ0) is 35.2. The third-order valence-electron chi connectivity index (χ3n) is 8.21. The Kier molecular flexibility index (Phi) is 10.8. The number of ether oxygens (including phenoxy) is 4. The number of H-pyrrole nitrogens is 1. The first-order valence-electron chi connectivity index (χ1n) is 16.3. The fourth-order valence-corrected chi connectivity index (χ4v) is 5.93. The van der Waals surface area contributed by atoms with Gasteiger partial charge in [-0.1, -0.05) is 105 Å². The number of nitrogens with one attached hydrogen (secondary N) is 2. The molecule has 4 aromatic rings. The Morgan fingerprint density at radius 3 is 1.88 bits per heavy atom. The second-order valence-corrected chi connectivity index (χ2v) is 13.3. The maximum absolute atomic E-state index is 13.7. The molecule has 1 aliphatic heterocycles. The number of esters is 1. The van der Waals surface area contributed by atoms with Crippen molar-refractivity contribution in [2.24, 2.45) is 5.92 Å². The molecule has 1 aromatic heterocycles. The zero-order valence-electron chi connectivity index (χ0n) is 28.3. The number of aromatic nitrogens is 2. The Balaban J connectivity index is 1.50. The van der Waals surface area contributed by atoms with E-state index in [1.807, 2.05) is 91.0 Å². The summed E-state index contributed by atoms with van der Waals surface area (Å²) < 4.78 is 26.1. The molecule has 49 heavy (non-hydrogen) atoms. The van der Waals surface area contributed by atoms with E-state index in [-0.39, 0.29) is 18.9 Å². The third-order valence-corrected chi connectivity index (χ3v) is 8.21. The van der Waals surface area contributed by atoms with Crippen LogP contribution < -0.4 is 16.6 Å². The number of alkyl carbamates (subject to hydrolysis) is 1. The summed E-state index contributed by atoms with van der Waals surface area (Å²) in [6.45, 7) is 8.70. The normalized spacial score (nSPS) is 18.5. The van der Waals surface area contributed by atoms with Gasteiger partial charge in [0, 0.05) is 18.7 Å². The fraction of sp³-hybridized carbons (Fsp3) is 0.368. The van der Waals surface area contributed by atoms with Crippen LogP contribution in [0.25, 0.3) is 0 Å². The molecule has 258 valence electrons. The molecule has 2 heterocycles. The summed E-state index contributed by atoms with van der Waals surface area (Å²) >= 11 is 0. The quantitative estimate of drug-likeness (QED) is 0.162. The molecule has 1 fully saturated rings. The lowest BCUT2D eigenvalue weighted by Gasteiger charge is -2.37. The van der Waals surface area contributed by atoms with Gasteiger partial charge in [-0.15, -0.1) is 0 Å². The lowest BCUT2D eigenvalue weighted by molar-refractivity contribution is -0.159. The molecule has 0 unspecified atom stereocenters. The SMILES string of the molecule is CC(C)[C@H](NC(=O)OC(C)(C)C)C(=O)O[C@H]1C[C@H](n2ccc(=O)[nH]c2=O)O[C@@H]1COC(c1ccccc1)(c1ccccc1)c1ccccc1. The Hall–Kier alpha value is -5.00. The van der Waals surface area contributed by atoms with Crippen LogP contribution >= 0.6 is 0 Å². The van der Waals surface area contributed by atoms with Crippen LogP contribution in [-0.4, -0.2) is 52.1 Å². The van der Waals surface area contributed by atoms with Gasteiger partial charge in [-0.3, -0.25) is 14.3 Å². The summed E-state index contributed by atoms with van der Waals surface area (Å²) in [6, 6.07) is 29.6. The van der Waals surface area contributed by atoms with E-state index in [4.69, 9.17) is 18.9 Å². The molecule has 1 amide bonds. The van der Waals surface area contributed by atoms with Crippen molar-refractivity contribution < 1.29 is 28.5 Å². The predicted molar refractivity (Wildman–Crippen MR) is 183 cm³/mol. The van der Waals surface area contributed by atoms with E-state index >= 15 is 0 Å². The number of carbonyl (C=O) groups excluding carboxylic acids is 2. The predicted octanol–water partition coefficient (Wildman–Crippen LogP) is 5.29. The number of benzene rings is 3. The molecule has 1 aliphatic rings. The van der Waals surface area contributed by atoms with E-state index < -0.39 is 59.0 Å². The van der Waals surface area contributed by atoms with Crippen molar-refractivity contribution in [2.45, 2.75) is 76.7 Å². The summed E-state index contributed by atoms with van der Waals surface area (Å²) in [5.74, 6) is -1.02. The molecular formula is C38H43N3O8. The maximum Gasteiger partial charge on any atom is 0.408 e. The van der Waals surface area contributed by atoms with Gasteiger partial charge in [-0.25, -0.2) is 14.4 Å². The Labute approximate surface area is 285 Å². The van der Waals surface area contributed by atoms with Gasteiger partial charge in [0.05, 0.1) is 6.61 Å². The molecule has 0 bridgehead atoms. The highest BCUT2D eigenvalue weighted by Crippen LogP contribution is 2.42. The number of nitrogens with zero attached hydrogens (tertiary/aromatic N) is 1. The van der Waals surface area contributed by atoms with E-state index in [2.05, 4.69) is 10.3 Å². The topological polar surface area (TPSA) is 138 Å². The van der Waals surface area contributed by atoms with Crippen LogP contribution in [0.2, 0.25) is 0 Å². The smallest absolute Gasteiger partial charge is 0.408 e. The number of amides is 1. The van der Waals surface area contributed by atoms with Crippen LogP contribution in [0.5, 0.6) is 0 Å². The first kappa shape index (κ1) is 35.3. The second kappa shape index (κ2) is 15.0. The Morgan fingerprint density at radius 1 is 0.878 bits per heavy atom. The van der Waals surface area contributed by atoms with Crippen molar-refractivity contribution in [1.29, 1.82) is 0 Å². The van der Waals surface area contributed by atoms with Gasteiger partial charge in [0.25, 0.3) is 5.56 Å². The van der Waals surface area contributed by atoms with Crippen molar-refractivity contribution in [3.63, 3.8) is 0 Å². The van der Waals surface area contributed by atoms with E-state index in [1.54, 1.807) is 34.6 Å². The van der Waals surface area contributed by atoms with Crippen molar-refractivity contribution >= 4 is 12.1 Å². The maximum atomic E-state index is 13.7. The minimum Gasteiger partial charge on any atom is -0.458 e. The summed E-state index contributed by atoms with van der Waals surface area (Å²) in [5, 5.41) is 2.64. The van der Waals surface area contributed by atoms with Gasteiger partial charge >= 0.3 is 17.8 Å². The van der Waals surface area contributed by atoms with Gasteiger partial charge in [-0.2, -0.15) is 0 Å². The van der Waals surface area contributed by atoms with Crippen molar-refractivity contribution in [2.75, 3.05) is 6.61 Å². The number of hydrogen-bond acceptors (Lipinski definition) is 8. The van der Waals surface area contributed by atoms with E-state index in [1.165, 1.54) is 16.8 Å². The highest BCUT2D eigenvalue weighted by atomic mass is 16.6. The standard InChI is InChI=1S/C38H43N3O8/c1-25(2)33(40-36(45)49-37(3,4)5)34(43)48-29-23-32(41-22-21-31(42)39-35(41)44)47-30(29)24-46-38(26-15-9-6-10-16-26,27-17-11-7-12-18-27)28-19-13-8-14-20-28/h6-22,25,29-30,32-33H,23-24H2,1-5H3,(H,40,45)(H,39,42,44)/t29-,30+,32+,33-/m0/s1. The average Bonchev–Trinajstić information content (AvgIpc) is 3.46. The van der Waals surface area contributed by atoms with Crippen LogP contribution in [0.15, 0.2) is 113 Å². The number of carbonyl (C=O) groups is 2. The van der Waals surface area contributed by atoms with Gasteiger partial charge in [0.15, 0.2) is 0 Å². The molecule has 2 N–H and O–H groups in total. The molecule has 0 saturated carbocycles. The van der Waals surface area contributed by atoms with Crippen molar-refractivity contribution in [3.05, 3.63) is 141 Å². The largest absolute Gasteiger partial charge is 0.458 e. The second-order valence-electron chi connectivity index (χ2n) is 13.3. The van der Waals surface area contributed by atoms with Crippen LogP contribution in [-0.2, 0) is 29.3 Å². The van der Waals surface area contributed by atoms with E-state index in [0.29, 0.717) is 0 Å². The minimum absolute atomic E-state index is 0.0585. The van der Waals surface area contributed by atoms with Crippen LogP contribution in [0, 0.1) is 5.92 Å². The molecule has 11 nitrogen and oxygen atoms in total. The van der Waals surface area contributed by atoms with E-state index in [0.717, 1.165) is 16.7 Å². The first-order valence-corrected chi connectivity index (χ1v) is 16.3. The molecule has 11 heteroatoms. The Morgan fingerprint density at radius 2 is 1.41 bits per heavy atom. The molecule has 5 rings (SSSR count). The summed E-state index contributed by atoms with van der Waals surface area (Å²) in [7, 11) is 0. The third kappa shape index (κ3) is 8.36. The number of rotatable bonds is 11. The zero-order valence-corrected chi connectivity index (χ0v) is 28.3. The molecule has 4 atom stereocenters. The summed E-state index contributed by atoms with van der Waals surface area (Å²) in [4.78, 5) is 53.2. The average molecular weight is 670 g/mol. The van der Waals surface area contributed by atoms with Gasteiger partial charge < -0.3 is 24.3 Å². The lowest BCUT2D eigenvalue weighted by Crippen LogP contribution is -2.48. The first-order chi connectivity index (χ1) is 23.4. The molecule has 0 aliphatic carbocycles. The molecule has 3 aromatic carbocycles. The van der Waals surface area contributed by atoms with Gasteiger partial charge in [-0.05, 0) is 43.4 Å².